The molecule has 0 radical (unpaired) electrons. The van der Waals surface area contributed by atoms with Crippen LogP contribution in [0.25, 0.3) is 22.3 Å². The van der Waals surface area contributed by atoms with Gasteiger partial charge in [-0.1, -0.05) is 0 Å². The first-order chi connectivity index (χ1) is 15.0. The zero-order valence-electron chi connectivity index (χ0n) is 16.5. The molecule has 2 heterocycles. The second kappa shape index (κ2) is 8.86. The number of hydrogen-bond acceptors (Lipinski definition) is 6. The van der Waals surface area contributed by atoms with E-state index in [1.54, 1.807) is 22.9 Å². The largest absolute Gasteiger partial charge is 0.508 e. The van der Waals surface area contributed by atoms with Crippen LogP contribution in [-0.2, 0) is 24.1 Å². The fraction of sp³-hybridized carbons (Fsp3) is 0.190. The first-order valence-corrected chi connectivity index (χ1v) is 10.1. The van der Waals surface area contributed by atoms with Crippen molar-refractivity contribution in [3.8, 4) is 28.8 Å². The van der Waals surface area contributed by atoms with Crippen LogP contribution in [-0.4, -0.2) is 37.2 Å². The summed E-state index contributed by atoms with van der Waals surface area (Å²) in [5, 5.41) is 15.0. The van der Waals surface area contributed by atoms with E-state index in [1.807, 2.05) is 6.92 Å². The molecule has 10 heteroatoms. The van der Waals surface area contributed by atoms with Gasteiger partial charge < -0.3 is 14.6 Å². The molecule has 0 fully saturated rings. The van der Waals surface area contributed by atoms with Gasteiger partial charge in [0.25, 0.3) is 0 Å². The minimum atomic E-state index is -0.863. The van der Waals surface area contributed by atoms with Gasteiger partial charge in [0.05, 0.1) is 12.0 Å². The van der Waals surface area contributed by atoms with E-state index in [2.05, 4.69) is 27.7 Å². The third-order valence-corrected chi connectivity index (χ3v) is 4.69. The van der Waals surface area contributed by atoms with E-state index in [4.69, 9.17) is 9.47 Å². The molecule has 2 aromatic carbocycles. The molecule has 0 bridgehead atoms. The number of aryl methyl sites for hydroxylation is 1. The van der Waals surface area contributed by atoms with Crippen LogP contribution in [0, 0.1) is 18.6 Å². The molecule has 0 aliphatic heterocycles. The van der Waals surface area contributed by atoms with E-state index >= 15 is 0 Å². The molecule has 0 aliphatic rings. The van der Waals surface area contributed by atoms with Crippen LogP contribution in [0.3, 0.4) is 0 Å². The van der Waals surface area contributed by atoms with E-state index < -0.39 is 11.6 Å². The van der Waals surface area contributed by atoms with Gasteiger partial charge in [-0.15, -0.1) is 0 Å². The van der Waals surface area contributed by atoms with E-state index in [1.165, 1.54) is 12.3 Å². The zero-order chi connectivity index (χ0) is 22.0. The van der Waals surface area contributed by atoms with Crippen molar-refractivity contribution in [2.75, 3.05) is 12.4 Å². The molecular weight excluding hydrogens is 426 g/mol. The van der Waals surface area contributed by atoms with Crippen LogP contribution < -0.4 is 4.74 Å². The minimum absolute atomic E-state index is 0.117. The Bertz CT molecular complexity index is 1250. The van der Waals surface area contributed by atoms with Crippen molar-refractivity contribution in [2.24, 2.45) is 0 Å². The van der Waals surface area contributed by atoms with Crippen LogP contribution in [0.15, 0.2) is 42.6 Å². The maximum atomic E-state index is 14.0. The fourth-order valence-corrected chi connectivity index (χ4v) is 3.22. The summed E-state index contributed by atoms with van der Waals surface area (Å²) in [6, 6.07) is 7.82. The topological polar surface area (TPSA) is 82.3 Å². The Morgan fingerprint density at radius 2 is 2.00 bits per heavy atom. The summed E-state index contributed by atoms with van der Waals surface area (Å²) in [4.78, 5) is 8.54. The number of rotatable bonds is 7. The number of phenolic OH excluding ortho intramolecular Hbond substituents is 1. The number of benzene rings is 2. The average Bonchev–Trinajstić information content (AvgIpc) is 3.08. The van der Waals surface area contributed by atoms with Crippen molar-refractivity contribution >= 4 is 23.7 Å². The summed E-state index contributed by atoms with van der Waals surface area (Å²) in [6.45, 7) is 2.44. The molecule has 0 amide bonds. The van der Waals surface area contributed by atoms with Crippen LogP contribution >= 0.6 is 0 Å². The van der Waals surface area contributed by atoms with Gasteiger partial charge >= 0.3 is 6.01 Å². The lowest BCUT2D eigenvalue weighted by Gasteiger charge is -2.06. The Hall–Kier alpha value is -3.24. The second-order valence-electron chi connectivity index (χ2n) is 6.70. The van der Waals surface area contributed by atoms with Gasteiger partial charge in [-0.3, -0.25) is 0 Å². The Morgan fingerprint density at radius 3 is 2.74 bits per heavy atom. The van der Waals surface area contributed by atoms with Crippen molar-refractivity contribution < 1.29 is 23.4 Å². The molecule has 4 rings (SSSR count). The molecule has 1 N–H and O–H groups in total. The molecule has 0 saturated carbocycles. The number of fused-ring (bicyclic) bond motifs is 1. The molecule has 4 aromatic rings. The summed E-state index contributed by atoms with van der Waals surface area (Å²) in [6.07, 6.45) is 1.52. The van der Waals surface area contributed by atoms with Gasteiger partial charge in [0.15, 0.2) is 17.2 Å². The lowest BCUT2D eigenvalue weighted by molar-refractivity contribution is 0.0841. The molecule has 7 nitrogen and oxygen atoms in total. The zero-order valence-corrected chi connectivity index (χ0v) is 17.5. The van der Waals surface area contributed by atoms with Crippen molar-refractivity contribution in [3.63, 3.8) is 0 Å². The number of phenols is 1. The van der Waals surface area contributed by atoms with Crippen LogP contribution in [0.2, 0.25) is 0 Å². The quantitative estimate of drug-likeness (QED) is 0.346. The minimum Gasteiger partial charge on any atom is -0.508 e. The van der Waals surface area contributed by atoms with E-state index in [-0.39, 0.29) is 24.2 Å². The standard InChI is InChI=1S/C21H18F2N4O3S/c1-12-8-14(28)3-4-15(12)19-16-10-24-21(30-18-5-2-13(22)9-17(18)23)25-20(16)27(26-19)11-29-6-7-31/h2-5,8-10,28,31H,6-7,11H2,1H3/p+1. The van der Waals surface area contributed by atoms with Crippen LogP contribution in [0.4, 0.5) is 8.78 Å². The monoisotopic (exact) mass is 445 g/mol. The third kappa shape index (κ3) is 4.44. The SMILES string of the molecule is Cc1cc(O)ccc1-c1nn(COCC[SH2+])c2nc(Oc3ccc(F)cc3F)ncc12. The Kier molecular flexibility index (Phi) is 6.01. The maximum Gasteiger partial charge on any atom is 0.324 e. The lowest BCUT2D eigenvalue weighted by atomic mass is 10.0. The summed E-state index contributed by atoms with van der Waals surface area (Å²) >= 11 is 3.35. The summed E-state index contributed by atoms with van der Waals surface area (Å²) < 4.78 is 39.6. The number of nitrogens with zero attached hydrogens (tertiary/aromatic N) is 4. The van der Waals surface area contributed by atoms with Gasteiger partial charge in [-0.05, 0) is 55.4 Å². The summed E-state index contributed by atoms with van der Waals surface area (Å²) in [7, 11) is 0. The molecule has 160 valence electrons. The lowest BCUT2D eigenvalue weighted by Crippen LogP contribution is -2.08. The normalized spacial score (nSPS) is 11.2. The molecular formula is C21H19F2N4O3S+. The Morgan fingerprint density at radius 1 is 1.16 bits per heavy atom. The van der Waals surface area contributed by atoms with Crippen molar-refractivity contribution in [1.29, 1.82) is 0 Å². The van der Waals surface area contributed by atoms with Crippen molar-refractivity contribution in [1.82, 2.24) is 19.7 Å². The maximum absolute atomic E-state index is 14.0. The number of halogens is 2. The predicted octanol–water partition coefficient (Wildman–Crippen LogP) is 3.56. The summed E-state index contributed by atoms with van der Waals surface area (Å²) in [5.74, 6) is -0.971. The number of aromatic nitrogens is 4. The number of hydrogen-bond donors (Lipinski definition) is 1. The average molecular weight is 445 g/mol. The van der Waals surface area contributed by atoms with Crippen LogP contribution in [0.1, 0.15) is 5.56 Å². The smallest absolute Gasteiger partial charge is 0.324 e. The van der Waals surface area contributed by atoms with E-state index in [9.17, 15) is 13.9 Å². The highest BCUT2D eigenvalue weighted by Gasteiger charge is 2.18. The number of aromatic hydroxyl groups is 1. The first kappa shape index (κ1) is 21.0. The highest BCUT2D eigenvalue weighted by atomic mass is 32.1. The molecule has 0 spiro atoms. The van der Waals surface area contributed by atoms with Gasteiger partial charge in [0.1, 0.15) is 29.7 Å². The van der Waals surface area contributed by atoms with E-state index in [0.717, 1.165) is 23.3 Å². The third-order valence-electron chi connectivity index (χ3n) is 4.49. The molecule has 0 atom stereocenters. The Labute approximate surface area is 181 Å². The van der Waals surface area contributed by atoms with Gasteiger partial charge in [0, 0.05) is 17.8 Å². The molecule has 31 heavy (non-hydrogen) atoms. The molecule has 2 aromatic heterocycles. The van der Waals surface area contributed by atoms with Crippen molar-refractivity contribution in [3.05, 3.63) is 59.8 Å². The van der Waals surface area contributed by atoms with E-state index in [0.29, 0.717) is 29.1 Å². The predicted molar refractivity (Wildman–Crippen MR) is 115 cm³/mol. The highest BCUT2D eigenvalue weighted by molar-refractivity contribution is 7.58. The fourth-order valence-electron chi connectivity index (χ4n) is 3.07. The second-order valence-corrected chi connectivity index (χ2v) is 7.20. The highest BCUT2D eigenvalue weighted by Crippen LogP contribution is 2.32. The summed E-state index contributed by atoms with van der Waals surface area (Å²) in [5.41, 5.74) is 2.64. The van der Waals surface area contributed by atoms with Gasteiger partial charge in [0.2, 0.25) is 0 Å². The molecule has 0 saturated heterocycles. The van der Waals surface area contributed by atoms with Crippen LogP contribution in [0.5, 0.6) is 17.5 Å². The Balaban J connectivity index is 1.77. The van der Waals surface area contributed by atoms with Crippen molar-refractivity contribution in [2.45, 2.75) is 13.7 Å². The number of ether oxygens (including phenoxy) is 2. The molecule has 0 aliphatic carbocycles. The van der Waals surface area contributed by atoms with Gasteiger partial charge in [-0.25, -0.2) is 18.4 Å². The molecule has 0 unspecified atom stereocenters. The first-order valence-electron chi connectivity index (χ1n) is 9.35. The van der Waals surface area contributed by atoms with Gasteiger partial charge in [-0.2, -0.15) is 10.1 Å².